The van der Waals surface area contributed by atoms with Crippen LogP contribution in [0.25, 0.3) is 0 Å². The molecule has 3 rings (SSSR count). The SMILES string of the molecule is N#Cc1ccc(OCC(O)CN2CCOCC23CCC3)cc1. The van der Waals surface area contributed by atoms with Crippen LogP contribution in [0, 0.1) is 11.3 Å². The van der Waals surface area contributed by atoms with Crippen LogP contribution >= 0.6 is 0 Å². The molecule has 1 heterocycles. The highest BCUT2D eigenvalue weighted by Gasteiger charge is 2.44. The second-order valence-corrected chi connectivity index (χ2v) is 6.18. The zero-order valence-corrected chi connectivity index (χ0v) is 12.7. The number of nitrogens with zero attached hydrogens (tertiary/aromatic N) is 2. The third-order valence-electron chi connectivity index (χ3n) is 4.69. The quantitative estimate of drug-likeness (QED) is 0.894. The van der Waals surface area contributed by atoms with Crippen molar-refractivity contribution in [1.29, 1.82) is 5.26 Å². The van der Waals surface area contributed by atoms with Gasteiger partial charge in [-0.2, -0.15) is 5.26 Å². The Kier molecular flexibility index (Phi) is 4.63. The molecule has 5 nitrogen and oxygen atoms in total. The molecule has 2 aliphatic rings. The molecule has 1 N–H and O–H groups in total. The van der Waals surface area contributed by atoms with Crippen molar-refractivity contribution in [1.82, 2.24) is 4.90 Å². The van der Waals surface area contributed by atoms with Crippen LogP contribution in [0.3, 0.4) is 0 Å². The summed E-state index contributed by atoms with van der Waals surface area (Å²) in [5, 5.41) is 19.0. The number of hydrogen-bond donors (Lipinski definition) is 1. The Labute approximate surface area is 131 Å². The Balaban J connectivity index is 1.49. The molecule has 0 amide bonds. The molecule has 1 aliphatic carbocycles. The van der Waals surface area contributed by atoms with E-state index in [1.807, 2.05) is 0 Å². The summed E-state index contributed by atoms with van der Waals surface area (Å²) in [4.78, 5) is 2.37. The van der Waals surface area contributed by atoms with E-state index in [0.29, 0.717) is 17.9 Å². The summed E-state index contributed by atoms with van der Waals surface area (Å²) in [6.07, 6.45) is 3.05. The van der Waals surface area contributed by atoms with E-state index >= 15 is 0 Å². The van der Waals surface area contributed by atoms with Gasteiger partial charge in [0.05, 0.1) is 24.8 Å². The van der Waals surface area contributed by atoms with Gasteiger partial charge >= 0.3 is 0 Å². The Morgan fingerprint density at radius 3 is 2.77 bits per heavy atom. The first-order chi connectivity index (χ1) is 10.7. The van der Waals surface area contributed by atoms with Gasteiger partial charge in [-0.3, -0.25) is 4.90 Å². The average Bonchev–Trinajstić information content (AvgIpc) is 2.52. The fraction of sp³-hybridized carbons (Fsp3) is 0.588. The van der Waals surface area contributed by atoms with Crippen molar-refractivity contribution in [3.05, 3.63) is 29.8 Å². The van der Waals surface area contributed by atoms with Crippen LogP contribution < -0.4 is 4.74 Å². The molecule has 2 fully saturated rings. The number of rotatable bonds is 5. The van der Waals surface area contributed by atoms with Crippen LogP contribution in [-0.2, 0) is 4.74 Å². The zero-order chi connectivity index (χ0) is 15.4. The molecule has 0 bridgehead atoms. The molecular formula is C17H22N2O3. The van der Waals surface area contributed by atoms with Crippen molar-refractivity contribution in [2.45, 2.75) is 30.9 Å². The number of nitriles is 1. The first kappa shape index (κ1) is 15.3. The first-order valence-corrected chi connectivity index (χ1v) is 7.86. The first-order valence-electron chi connectivity index (χ1n) is 7.86. The van der Waals surface area contributed by atoms with Crippen LogP contribution in [0.15, 0.2) is 24.3 Å². The van der Waals surface area contributed by atoms with E-state index in [1.165, 1.54) is 6.42 Å². The predicted molar refractivity (Wildman–Crippen MR) is 81.6 cm³/mol. The van der Waals surface area contributed by atoms with E-state index in [0.717, 1.165) is 32.6 Å². The lowest BCUT2D eigenvalue weighted by molar-refractivity contribution is -0.120. The summed E-state index contributed by atoms with van der Waals surface area (Å²) in [6, 6.07) is 9.02. The van der Waals surface area contributed by atoms with Crippen molar-refractivity contribution >= 4 is 0 Å². The summed E-state index contributed by atoms with van der Waals surface area (Å²) in [7, 11) is 0. The lowest BCUT2D eigenvalue weighted by Crippen LogP contribution is -2.62. The molecule has 1 aliphatic heterocycles. The highest BCUT2D eigenvalue weighted by Crippen LogP contribution is 2.39. The number of β-amino-alcohol motifs (C(OH)–C–C–N with tert-alkyl or cyclic N) is 1. The highest BCUT2D eigenvalue weighted by molar-refractivity contribution is 5.34. The molecule has 1 saturated heterocycles. The lowest BCUT2D eigenvalue weighted by atomic mass is 9.75. The van der Waals surface area contributed by atoms with Crippen LogP contribution in [0.1, 0.15) is 24.8 Å². The molecule has 0 radical (unpaired) electrons. The van der Waals surface area contributed by atoms with Crippen LogP contribution in [0.5, 0.6) is 5.75 Å². The van der Waals surface area contributed by atoms with Gasteiger partial charge in [0.15, 0.2) is 0 Å². The summed E-state index contributed by atoms with van der Waals surface area (Å²) in [6.45, 7) is 3.30. The van der Waals surface area contributed by atoms with E-state index in [2.05, 4.69) is 11.0 Å². The van der Waals surface area contributed by atoms with Crippen LogP contribution in [-0.4, -0.2) is 54.6 Å². The number of aliphatic hydroxyl groups excluding tert-OH is 1. The highest BCUT2D eigenvalue weighted by atomic mass is 16.5. The Hall–Kier alpha value is -1.61. The molecule has 0 aromatic heterocycles. The smallest absolute Gasteiger partial charge is 0.119 e. The van der Waals surface area contributed by atoms with Gasteiger partial charge in [-0.1, -0.05) is 0 Å². The zero-order valence-electron chi connectivity index (χ0n) is 12.7. The summed E-state index contributed by atoms with van der Waals surface area (Å²) < 4.78 is 11.2. The van der Waals surface area contributed by atoms with Crippen molar-refractivity contribution in [2.75, 3.05) is 32.9 Å². The van der Waals surface area contributed by atoms with Gasteiger partial charge in [-0.05, 0) is 43.5 Å². The maximum absolute atomic E-state index is 10.3. The normalized spacial score (nSPS) is 21.8. The Morgan fingerprint density at radius 2 is 2.14 bits per heavy atom. The van der Waals surface area contributed by atoms with E-state index in [-0.39, 0.29) is 12.1 Å². The van der Waals surface area contributed by atoms with Gasteiger partial charge in [0.2, 0.25) is 0 Å². The summed E-state index contributed by atoms with van der Waals surface area (Å²) in [5.74, 6) is 0.679. The van der Waals surface area contributed by atoms with E-state index < -0.39 is 6.10 Å². The standard InChI is InChI=1S/C17H22N2O3/c18-10-14-2-4-16(5-3-14)22-12-15(20)11-19-8-9-21-13-17(19)6-1-7-17/h2-5,15,20H,1,6-9,11-13H2. The third kappa shape index (κ3) is 3.25. The minimum absolute atomic E-state index is 0.160. The minimum atomic E-state index is -0.522. The van der Waals surface area contributed by atoms with Gasteiger partial charge in [0, 0.05) is 18.6 Å². The van der Waals surface area contributed by atoms with Gasteiger partial charge in [0.1, 0.15) is 18.5 Å². The Bertz CT molecular complexity index is 534. The van der Waals surface area contributed by atoms with Gasteiger partial charge in [-0.25, -0.2) is 0 Å². The number of benzene rings is 1. The Morgan fingerprint density at radius 1 is 1.36 bits per heavy atom. The lowest BCUT2D eigenvalue weighted by Gasteiger charge is -2.53. The van der Waals surface area contributed by atoms with Gasteiger partial charge in [-0.15, -0.1) is 0 Å². The number of hydrogen-bond acceptors (Lipinski definition) is 5. The van der Waals surface area contributed by atoms with Crippen LogP contribution in [0.2, 0.25) is 0 Å². The molecule has 5 heteroatoms. The molecule has 22 heavy (non-hydrogen) atoms. The van der Waals surface area contributed by atoms with Crippen molar-refractivity contribution in [3.63, 3.8) is 0 Å². The number of ether oxygens (including phenoxy) is 2. The topological polar surface area (TPSA) is 65.7 Å². The number of aliphatic hydroxyl groups is 1. The molecule has 118 valence electrons. The van der Waals surface area contributed by atoms with Crippen molar-refractivity contribution in [3.8, 4) is 11.8 Å². The monoisotopic (exact) mass is 302 g/mol. The van der Waals surface area contributed by atoms with Gasteiger partial charge in [0.25, 0.3) is 0 Å². The molecule has 1 spiro atoms. The minimum Gasteiger partial charge on any atom is -0.491 e. The van der Waals surface area contributed by atoms with Crippen molar-refractivity contribution < 1.29 is 14.6 Å². The summed E-state index contributed by atoms with van der Waals surface area (Å²) in [5.41, 5.74) is 0.765. The largest absolute Gasteiger partial charge is 0.491 e. The predicted octanol–water partition coefficient (Wildman–Crippen LogP) is 1.55. The maximum atomic E-state index is 10.3. The van der Waals surface area contributed by atoms with Crippen LogP contribution in [0.4, 0.5) is 0 Å². The molecule has 1 unspecified atom stereocenters. The second kappa shape index (κ2) is 6.66. The fourth-order valence-corrected chi connectivity index (χ4v) is 3.22. The van der Waals surface area contributed by atoms with Crippen molar-refractivity contribution in [2.24, 2.45) is 0 Å². The van der Waals surface area contributed by atoms with Gasteiger partial charge < -0.3 is 14.6 Å². The fourth-order valence-electron chi connectivity index (χ4n) is 3.22. The average molecular weight is 302 g/mol. The molecule has 1 atom stereocenters. The van der Waals surface area contributed by atoms with E-state index in [9.17, 15) is 5.11 Å². The molecule has 1 aromatic carbocycles. The van der Waals surface area contributed by atoms with E-state index in [1.54, 1.807) is 24.3 Å². The maximum Gasteiger partial charge on any atom is 0.119 e. The molecule has 1 saturated carbocycles. The molecule has 1 aromatic rings. The molecular weight excluding hydrogens is 280 g/mol. The third-order valence-corrected chi connectivity index (χ3v) is 4.69. The van der Waals surface area contributed by atoms with E-state index in [4.69, 9.17) is 14.7 Å². The second-order valence-electron chi connectivity index (χ2n) is 6.18. The summed E-state index contributed by atoms with van der Waals surface area (Å²) >= 11 is 0. The number of morpholine rings is 1.